The van der Waals surface area contributed by atoms with Gasteiger partial charge in [-0.15, -0.1) is 0 Å². The van der Waals surface area contributed by atoms with Crippen molar-refractivity contribution in [2.24, 2.45) is 0 Å². The van der Waals surface area contributed by atoms with Crippen LogP contribution in [-0.2, 0) is 16.0 Å². The minimum Gasteiger partial charge on any atom is -0.376 e. The van der Waals surface area contributed by atoms with E-state index in [4.69, 9.17) is 4.74 Å². The lowest BCUT2D eigenvalue weighted by atomic mass is 10.0. The van der Waals surface area contributed by atoms with Crippen LogP contribution in [0.4, 0.5) is 13.9 Å². The SMILES string of the molecule is CC(C)c1ccc(CC(=O)N(CC2CCCO2)c2nc3c(F)cc(F)cc3s2)cc1. The molecule has 1 saturated heterocycles. The number of fused-ring (bicyclic) bond motifs is 1. The number of hydrogen-bond acceptors (Lipinski definition) is 4. The molecule has 0 spiro atoms. The molecule has 1 unspecified atom stereocenters. The molecule has 7 heteroatoms. The lowest BCUT2D eigenvalue weighted by Gasteiger charge is -2.23. The molecule has 0 bridgehead atoms. The molecule has 2 aromatic carbocycles. The average Bonchev–Trinajstić information content (AvgIpc) is 3.36. The highest BCUT2D eigenvalue weighted by atomic mass is 32.1. The summed E-state index contributed by atoms with van der Waals surface area (Å²) in [4.78, 5) is 19.1. The Hall–Kier alpha value is -2.38. The fourth-order valence-electron chi connectivity index (χ4n) is 3.63. The van der Waals surface area contributed by atoms with Crippen molar-refractivity contribution >= 4 is 32.6 Å². The van der Waals surface area contributed by atoms with Gasteiger partial charge in [-0.25, -0.2) is 13.8 Å². The number of aromatic nitrogens is 1. The predicted octanol–water partition coefficient (Wildman–Crippen LogP) is 5.45. The van der Waals surface area contributed by atoms with E-state index in [1.54, 1.807) is 4.90 Å². The molecule has 0 saturated carbocycles. The number of ether oxygens (including phenoxy) is 1. The average molecular weight is 431 g/mol. The molecule has 158 valence electrons. The van der Waals surface area contributed by atoms with E-state index in [0.29, 0.717) is 28.9 Å². The molecule has 1 aliphatic rings. The quantitative estimate of drug-likeness (QED) is 0.522. The second-order valence-electron chi connectivity index (χ2n) is 7.94. The summed E-state index contributed by atoms with van der Waals surface area (Å²) in [5, 5.41) is 0.369. The zero-order valence-electron chi connectivity index (χ0n) is 17.0. The number of nitrogens with zero attached hydrogens (tertiary/aromatic N) is 2. The zero-order valence-corrected chi connectivity index (χ0v) is 17.8. The smallest absolute Gasteiger partial charge is 0.233 e. The number of amides is 1. The van der Waals surface area contributed by atoms with Crippen LogP contribution in [0, 0.1) is 11.6 Å². The van der Waals surface area contributed by atoms with Crippen LogP contribution in [0.2, 0.25) is 0 Å². The van der Waals surface area contributed by atoms with E-state index in [9.17, 15) is 13.6 Å². The molecule has 2 heterocycles. The molecule has 1 aromatic heterocycles. The van der Waals surface area contributed by atoms with E-state index in [2.05, 4.69) is 18.8 Å². The van der Waals surface area contributed by atoms with Gasteiger partial charge < -0.3 is 4.74 Å². The van der Waals surface area contributed by atoms with E-state index in [1.807, 2.05) is 24.3 Å². The highest BCUT2D eigenvalue weighted by molar-refractivity contribution is 7.22. The molecular formula is C23H24F2N2O2S. The monoisotopic (exact) mass is 430 g/mol. The molecule has 3 aromatic rings. The Kier molecular flexibility index (Phi) is 6.11. The summed E-state index contributed by atoms with van der Waals surface area (Å²) in [6.07, 6.45) is 1.94. The van der Waals surface area contributed by atoms with Crippen molar-refractivity contribution in [2.45, 2.75) is 45.1 Å². The lowest BCUT2D eigenvalue weighted by Crippen LogP contribution is -2.38. The highest BCUT2D eigenvalue weighted by Gasteiger charge is 2.27. The number of hydrogen-bond donors (Lipinski definition) is 0. The van der Waals surface area contributed by atoms with Crippen LogP contribution in [-0.4, -0.2) is 30.1 Å². The molecule has 30 heavy (non-hydrogen) atoms. The molecule has 0 radical (unpaired) electrons. The third-order valence-electron chi connectivity index (χ3n) is 5.35. The van der Waals surface area contributed by atoms with E-state index in [0.717, 1.165) is 35.8 Å². The van der Waals surface area contributed by atoms with E-state index in [-0.39, 0.29) is 23.9 Å². The van der Waals surface area contributed by atoms with Gasteiger partial charge in [-0.05, 0) is 36.0 Å². The van der Waals surface area contributed by atoms with Crippen molar-refractivity contribution in [3.8, 4) is 0 Å². The highest BCUT2D eigenvalue weighted by Crippen LogP contribution is 2.32. The number of benzene rings is 2. The summed E-state index contributed by atoms with van der Waals surface area (Å²) in [6.45, 7) is 5.27. The second-order valence-corrected chi connectivity index (χ2v) is 8.95. The van der Waals surface area contributed by atoms with Crippen LogP contribution >= 0.6 is 11.3 Å². The van der Waals surface area contributed by atoms with Gasteiger partial charge >= 0.3 is 0 Å². The predicted molar refractivity (Wildman–Crippen MR) is 115 cm³/mol. The van der Waals surface area contributed by atoms with Crippen molar-refractivity contribution < 1.29 is 18.3 Å². The standard InChI is InChI=1S/C23H24F2N2O2S/c1-14(2)16-7-5-15(6-8-16)10-21(28)27(13-18-4-3-9-29-18)23-26-22-19(25)11-17(24)12-20(22)30-23/h5-8,11-12,14,18H,3-4,9-10,13H2,1-2H3. The minimum absolute atomic E-state index is 0.0779. The molecule has 0 aliphatic carbocycles. The Labute approximate surface area is 178 Å². The van der Waals surface area contributed by atoms with Gasteiger partial charge in [-0.2, -0.15) is 0 Å². The Morgan fingerprint density at radius 3 is 2.70 bits per heavy atom. The fraction of sp³-hybridized carbons (Fsp3) is 0.391. The van der Waals surface area contributed by atoms with E-state index in [1.165, 1.54) is 11.6 Å². The van der Waals surface area contributed by atoms with Gasteiger partial charge in [0.2, 0.25) is 5.91 Å². The summed E-state index contributed by atoms with van der Waals surface area (Å²) in [6, 6.07) is 10.1. The topological polar surface area (TPSA) is 42.4 Å². The van der Waals surface area contributed by atoms with Crippen molar-refractivity contribution in [2.75, 3.05) is 18.1 Å². The van der Waals surface area contributed by atoms with E-state index >= 15 is 0 Å². The molecule has 4 rings (SSSR count). The lowest BCUT2D eigenvalue weighted by molar-refractivity contribution is -0.118. The van der Waals surface area contributed by atoms with Gasteiger partial charge in [0.15, 0.2) is 10.9 Å². The maximum Gasteiger partial charge on any atom is 0.233 e. The maximum atomic E-state index is 14.2. The number of carbonyl (C=O) groups excluding carboxylic acids is 1. The summed E-state index contributed by atoms with van der Waals surface area (Å²) in [7, 11) is 0. The van der Waals surface area contributed by atoms with Crippen molar-refractivity contribution in [3.63, 3.8) is 0 Å². The minimum atomic E-state index is -0.721. The summed E-state index contributed by atoms with van der Waals surface area (Å²) >= 11 is 1.12. The van der Waals surface area contributed by atoms with Gasteiger partial charge in [-0.3, -0.25) is 9.69 Å². The van der Waals surface area contributed by atoms with Crippen LogP contribution < -0.4 is 4.90 Å². The van der Waals surface area contributed by atoms with Crippen molar-refractivity contribution in [1.29, 1.82) is 0 Å². The molecule has 1 atom stereocenters. The number of halogens is 2. The van der Waals surface area contributed by atoms with Crippen LogP contribution in [0.25, 0.3) is 10.2 Å². The third-order valence-corrected chi connectivity index (χ3v) is 6.37. The summed E-state index contributed by atoms with van der Waals surface area (Å²) < 4.78 is 33.9. The fourth-order valence-corrected chi connectivity index (χ4v) is 4.66. The first kappa shape index (κ1) is 20.9. The molecule has 1 fully saturated rings. The Morgan fingerprint density at radius 1 is 1.27 bits per heavy atom. The number of thiazole rings is 1. The van der Waals surface area contributed by atoms with Crippen molar-refractivity contribution in [3.05, 3.63) is 59.2 Å². The largest absolute Gasteiger partial charge is 0.376 e. The Balaban J connectivity index is 1.62. The number of anilines is 1. The Bertz CT molecular complexity index is 1040. The van der Waals surface area contributed by atoms with Crippen LogP contribution in [0.15, 0.2) is 36.4 Å². The van der Waals surface area contributed by atoms with Crippen molar-refractivity contribution in [1.82, 2.24) is 4.98 Å². The Morgan fingerprint density at radius 2 is 2.03 bits per heavy atom. The first-order valence-corrected chi connectivity index (χ1v) is 11.0. The normalized spacial score (nSPS) is 16.5. The van der Waals surface area contributed by atoms with Gasteiger partial charge in [0.05, 0.1) is 23.8 Å². The molecular weight excluding hydrogens is 406 g/mol. The zero-order chi connectivity index (χ0) is 21.3. The first-order chi connectivity index (χ1) is 14.4. The summed E-state index contributed by atoms with van der Waals surface area (Å²) in [5.41, 5.74) is 2.20. The maximum absolute atomic E-state index is 14.2. The van der Waals surface area contributed by atoms with Gasteiger partial charge in [-0.1, -0.05) is 49.4 Å². The number of rotatable bonds is 6. The van der Waals surface area contributed by atoms with E-state index < -0.39 is 11.6 Å². The second kappa shape index (κ2) is 8.78. The molecule has 0 N–H and O–H groups in total. The van der Waals surface area contributed by atoms with Gasteiger partial charge in [0.25, 0.3) is 0 Å². The van der Waals surface area contributed by atoms with Gasteiger partial charge in [0, 0.05) is 12.7 Å². The van der Waals surface area contributed by atoms with Crippen LogP contribution in [0.1, 0.15) is 43.7 Å². The van der Waals surface area contributed by atoms with Gasteiger partial charge in [0.1, 0.15) is 11.3 Å². The molecule has 1 aliphatic heterocycles. The first-order valence-electron chi connectivity index (χ1n) is 10.2. The molecule has 1 amide bonds. The number of carbonyl (C=O) groups is 1. The van der Waals surface area contributed by atoms with Crippen LogP contribution in [0.3, 0.4) is 0 Å². The summed E-state index contributed by atoms with van der Waals surface area (Å²) in [5.74, 6) is -1.09. The third kappa shape index (κ3) is 4.52. The van der Waals surface area contributed by atoms with Crippen LogP contribution in [0.5, 0.6) is 0 Å². The molecule has 4 nitrogen and oxygen atoms in total.